The molecule has 3 atom stereocenters. The van der Waals surface area contributed by atoms with E-state index in [2.05, 4.69) is 5.32 Å². The second-order valence-corrected chi connectivity index (χ2v) is 6.22. The number of hydrogen-bond donors (Lipinski definition) is 3. The van der Waals surface area contributed by atoms with Gasteiger partial charge in [0.05, 0.1) is 0 Å². The molecule has 0 heterocycles. The minimum absolute atomic E-state index is 0.0745. The normalized spacial score (nSPS) is 26.8. The second kappa shape index (κ2) is 5.39. The number of rotatable bonds is 4. The highest BCUT2D eigenvalue weighted by Crippen LogP contribution is 2.49. The lowest BCUT2D eigenvalue weighted by Crippen LogP contribution is -2.20. The second-order valence-electron chi connectivity index (χ2n) is 6.22. The van der Waals surface area contributed by atoms with Crippen molar-refractivity contribution in [3.63, 3.8) is 0 Å². The van der Waals surface area contributed by atoms with Gasteiger partial charge in [0.25, 0.3) is 0 Å². The van der Waals surface area contributed by atoms with Crippen molar-refractivity contribution in [3.8, 4) is 5.75 Å². The lowest BCUT2D eigenvalue weighted by atomic mass is 9.86. The molecule has 2 aliphatic carbocycles. The molecule has 21 heavy (non-hydrogen) atoms. The Balaban J connectivity index is 1.62. The number of carbonyl (C=O) groups is 2. The van der Waals surface area contributed by atoms with Gasteiger partial charge in [-0.05, 0) is 55.2 Å². The fourth-order valence-corrected chi connectivity index (χ4v) is 3.86. The van der Waals surface area contributed by atoms with Crippen LogP contribution in [-0.4, -0.2) is 22.1 Å². The molecule has 0 saturated heterocycles. The third-order valence-electron chi connectivity index (χ3n) is 4.84. The zero-order chi connectivity index (χ0) is 15.0. The first-order valence-electron chi connectivity index (χ1n) is 7.39. The molecule has 3 unspecified atom stereocenters. The van der Waals surface area contributed by atoms with Gasteiger partial charge in [0.2, 0.25) is 5.91 Å². The zero-order valence-electron chi connectivity index (χ0n) is 11.7. The topological polar surface area (TPSA) is 86.6 Å². The zero-order valence-corrected chi connectivity index (χ0v) is 11.7. The Morgan fingerprint density at radius 1 is 1.24 bits per heavy atom. The van der Waals surface area contributed by atoms with Crippen LogP contribution in [0.25, 0.3) is 0 Å². The molecule has 112 valence electrons. The number of aromatic hydroxyl groups is 1. The van der Waals surface area contributed by atoms with E-state index in [1.165, 1.54) is 37.5 Å². The minimum atomic E-state index is -1.21. The Bertz CT molecular complexity index is 584. The highest BCUT2D eigenvalue weighted by Gasteiger charge is 2.40. The van der Waals surface area contributed by atoms with Crippen LogP contribution in [0.5, 0.6) is 5.75 Å². The van der Waals surface area contributed by atoms with E-state index in [1.807, 2.05) is 0 Å². The first-order valence-corrected chi connectivity index (χ1v) is 7.39. The number of nitrogens with one attached hydrogen (secondary N) is 1. The van der Waals surface area contributed by atoms with Gasteiger partial charge >= 0.3 is 5.97 Å². The average Bonchev–Trinajstić information content (AvgIpc) is 3.03. The van der Waals surface area contributed by atoms with E-state index in [0.29, 0.717) is 23.9 Å². The molecule has 3 rings (SSSR count). The van der Waals surface area contributed by atoms with Crippen LogP contribution in [0.4, 0.5) is 5.69 Å². The molecular weight excluding hydrogens is 270 g/mol. The molecule has 0 aliphatic heterocycles. The summed E-state index contributed by atoms with van der Waals surface area (Å²) in [4.78, 5) is 23.0. The maximum absolute atomic E-state index is 12.1. The molecule has 2 saturated carbocycles. The Morgan fingerprint density at radius 3 is 2.67 bits per heavy atom. The van der Waals surface area contributed by atoms with Gasteiger partial charge in [0.1, 0.15) is 11.3 Å². The van der Waals surface area contributed by atoms with E-state index >= 15 is 0 Å². The Labute approximate surface area is 123 Å². The lowest BCUT2D eigenvalue weighted by molar-refractivity contribution is -0.117. The predicted molar refractivity (Wildman–Crippen MR) is 77.3 cm³/mol. The number of carboxylic acids is 1. The van der Waals surface area contributed by atoms with Crippen LogP contribution >= 0.6 is 0 Å². The van der Waals surface area contributed by atoms with Crippen molar-refractivity contribution in [2.75, 3.05) is 5.32 Å². The van der Waals surface area contributed by atoms with Crippen LogP contribution in [0.15, 0.2) is 18.2 Å². The number of aromatic carboxylic acids is 1. The molecule has 0 aromatic heterocycles. The summed E-state index contributed by atoms with van der Waals surface area (Å²) in [7, 11) is 0. The lowest BCUT2D eigenvalue weighted by Gasteiger charge is -2.20. The summed E-state index contributed by atoms with van der Waals surface area (Å²) in [6, 6.07) is 4.09. The van der Waals surface area contributed by atoms with Gasteiger partial charge in [-0.25, -0.2) is 4.79 Å². The Hall–Kier alpha value is -2.04. The van der Waals surface area contributed by atoms with Crippen LogP contribution in [0.2, 0.25) is 0 Å². The van der Waals surface area contributed by atoms with E-state index in [9.17, 15) is 14.7 Å². The minimum Gasteiger partial charge on any atom is -0.507 e. The van der Waals surface area contributed by atoms with Crippen molar-refractivity contribution in [3.05, 3.63) is 23.8 Å². The maximum Gasteiger partial charge on any atom is 0.339 e. The van der Waals surface area contributed by atoms with E-state index in [-0.39, 0.29) is 17.2 Å². The summed E-state index contributed by atoms with van der Waals surface area (Å²) in [6.07, 6.45) is 5.46. The fraction of sp³-hybridized carbons (Fsp3) is 0.500. The van der Waals surface area contributed by atoms with E-state index in [0.717, 1.165) is 12.3 Å². The molecule has 1 aromatic carbocycles. The summed E-state index contributed by atoms with van der Waals surface area (Å²) in [5.41, 5.74) is 0.214. The van der Waals surface area contributed by atoms with Gasteiger partial charge in [0.15, 0.2) is 0 Å². The van der Waals surface area contributed by atoms with Crippen molar-refractivity contribution in [1.29, 1.82) is 0 Å². The molecule has 0 spiro atoms. The van der Waals surface area contributed by atoms with Crippen LogP contribution in [0.1, 0.15) is 42.5 Å². The van der Waals surface area contributed by atoms with Crippen molar-refractivity contribution < 1.29 is 19.8 Å². The smallest absolute Gasteiger partial charge is 0.339 e. The highest BCUT2D eigenvalue weighted by molar-refractivity contribution is 5.95. The summed E-state index contributed by atoms with van der Waals surface area (Å²) >= 11 is 0. The van der Waals surface area contributed by atoms with E-state index in [4.69, 9.17) is 5.11 Å². The predicted octanol–water partition coefficient (Wildman–Crippen LogP) is 2.86. The molecule has 0 radical (unpaired) electrons. The molecule has 2 fully saturated rings. The molecule has 2 bridgehead atoms. The number of carbonyl (C=O) groups excluding carboxylic acids is 1. The number of amides is 1. The first kappa shape index (κ1) is 13.9. The third-order valence-corrected chi connectivity index (χ3v) is 4.84. The maximum atomic E-state index is 12.1. The number of anilines is 1. The van der Waals surface area contributed by atoms with Crippen molar-refractivity contribution >= 4 is 17.6 Å². The molecule has 1 amide bonds. The molecular formula is C16H19NO4. The van der Waals surface area contributed by atoms with Crippen LogP contribution < -0.4 is 5.32 Å². The van der Waals surface area contributed by atoms with Crippen molar-refractivity contribution in [2.45, 2.75) is 32.1 Å². The summed E-state index contributed by atoms with van der Waals surface area (Å²) < 4.78 is 0. The van der Waals surface area contributed by atoms with E-state index < -0.39 is 5.97 Å². The van der Waals surface area contributed by atoms with Crippen molar-refractivity contribution in [1.82, 2.24) is 0 Å². The number of fused-ring (bicyclic) bond motifs is 2. The SMILES string of the molecule is O=C(CC1CC2CCC1C2)Nc1ccc(O)c(C(=O)O)c1. The average molecular weight is 289 g/mol. The number of phenols is 1. The number of hydrogen-bond acceptors (Lipinski definition) is 3. The van der Waals surface area contributed by atoms with Gasteiger partial charge in [-0.15, -0.1) is 0 Å². The molecule has 5 heteroatoms. The van der Waals surface area contributed by atoms with E-state index in [1.54, 1.807) is 0 Å². The van der Waals surface area contributed by atoms with Gasteiger partial charge in [-0.2, -0.15) is 0 Å². The number of carboxylic acid groups (broad SMARTS) is 1. The monoisotopic (exact) mass is 289 g/mol. The van der Waals surface area contributed by atoms with Crippen LogP contribution in [-0.2, 0) is 4.79 Å². The summed E-state index contributed by atoms with van der Waals surface area (Å²) in [6.45, 7) is 0. The largest absolute Gasteiger partial charge is 0.507 e. The van der Waals surface area contributed by atoms with Crippen LogP contribution in [0, 0.1) is 17.8 Å². The molecule has 3 N–H and O–H groups in total. The molecule has 2 aliphatic rings. The van der Waals surface area contributed by atoms with Gasteiger partial charge < -0.3 is 15.5 Å². The van der Waals surface area contributed by atoms with Crippen LogP contribution in [0.3, 0.4) is 0 Å². The van der Waals surface area contributed by atoms with Gasteiger partial charge in [-0.1, -0.05) is 6.42 Å². The van der Waals surface area contributed by atoms with Gasteiger partial charge in [-0.3, -0.25) is 4.79 Å². The van der Waals surface area contributed by atoms with Gasteiger partial charge in [0, 0.05) is 12.1 Å². The molecule has 1 aromatic rings. The third kappa shape index (κ3) is 2.86. The Morgan fingerprint density at radius 2 is 2.05 bits per heavy atom. The number of benzene rings is 1. The quantitative estimate of drug-likeness (QED) is 0.744. The molecule has 5 nitrogen and oxygen atoms in total. The Kier molecular flexibility index (Phi) is 3.57. The highest BCUT2D eigenvalue weighted by atomic mass is 16.4. The standard InChI is InChI=1S/C16H19NO4/c18-14-4-3-12(8-13(14)16(20)21)17-15(19)7-11-6-9-1-2-10(11)5-9/h3-4,8-11,18H,1-2,5-7H2,(H,17,19)(H,20,21). The fourth-order valence-electron chi connectivity index (χ4n) is 3.86. The summed E-state index contributed by atoms with van der Waals surface area (Å²) in [5.74, 6) is 0.384. The summed E-state index contributed by atoms with van der Waals surface area (Å²) in [5, 5.41) is 21.1. The van der Waals surface area contributed by atoms with Crippen molar-refractivity contribution in [2.24, 2.45) is 17.8 Å². The first-order chi connectivity index (χ1) is 10.0.